The summed E-state index contributed by atoms with van der Waals surface area (Å²) in [5.41, 5.74) is 3.33. The van der Waals surface area contributed by atoms with Crippen molar-refractivity contribution in [3.8, 4) is 0 Å². The number of hydrogen-bond donors (Lipinski definition) is 4. The minimum atomic E-state index is -1.33. The van der Waals surface area contributed by atoms with Crippen LogP contribution in [0, 0.1) is 24.0 Å². The van der Waals surface area contributed by atoms with Crippen molar-refractivity contribution in [1.82, 2.24) is 4.90 Å². The Balaban J connectivity index is 1.80. The molecule has 0 fully saturated rings. The molecule has 0 radical (unpaired) electrons. The number of aryl methyl sites for hydroxylation is 2. The minimum Gasteiger partial charge on any atom is -0.395 e. The fourth-order valence-corrected chi connectivity index (χ4v) is 3.76. The van der Waals surface area contributed by atoms with Crippen LogP contribution in [0.15, 0.2) is 72.8 Å². The molecule has 3 aromatic rings. The number of amides is 2. The van der Waals surface area contributed by atoms with Gasteiger partial charge in [-0.05, 0) is 55.8 Å². The number of non-ortho nitro benzene ring substituents is 1. The van der Waals surface area contributed by atoms with Crippen molar-refractivity contribution in [2.75, 3.05) is 30.3 Å². The second-order valence-corrected chi connectivity index (χ2v) is 8.78. The predicted octanol–water partition coefficient (Wildman–Crippen LogP) is 3.19. The summed E-state index contributed by atoms with van der Waals surface area (Å²) in [6, 6.07) is 18.6. The Hall–Kier alpha value is -4.12. The van der Waals surface area contributed by atoms with Crippen LogP contribution in [0.25, 0.3) is 0 Å². The van der Waals surface area contributed by atoms with Gasteiger partial charge in [-0.25, -0.2) is 0 Å². The minimum absolute atomic E-state index is 0.150. The third kappa shape index (κ3) is 7.94. The van der Waals surface area contributed by atoms with Crippen LogP contribution in [0.1, 0.15) is 22.8 Å². The fourth-order valence-electron chi connectivity index (χ4n) is 3.76. The zero-order valence-corrected chi connectivity index (χ0v) is 20.6. The van der Waals surface area contributed by atoms with Gasteiger partial charge in [0.25, 0.3) is 5.69 Å². The number of benzene rings is 3. The molecule has 0 saturated heterocycles. The molecule has 0 aliphatic heterocycles. The molecule has 3 rings (SSSR count). The Labute approximate surface area is 214 Å². The third-order valence-electron chi connectivity index (χ3n) is 5.83. The van der Waals surface area contributed by atoms with Crippen LogP contribution >= 0.6 is 0 Å². The van der Waals surface area contributed by atoms with Crippen molar-refractivity contribution in [1.29, 1.82) is 0 Å². The quantitative estimate of drug-likeness (QED) is 0.231. The van der Waals surface area contributed by atoms with Gasteiger partial charge in [-0.3, -0.25) is 24.6 Å². The zero-order valence-electron chi connectivity index (χ0n) is 20.6. The smallest absolute Gasteiger partial charge is 0.269 e. The van der Waals surface area contributed by atoms with Gasteiger partial charge in [0.05, 0.1) is 36.8 Å². The van der Waals surface area contributed by atoms with E-state index >= 15 is 0 Å². The number of nitro benzene ring substituents is 1. The van der Waals surface area contributed by atoms with Crippen molar-refractivity contribution >= 4 is 28.9 Å². The van der Waals surface area contributed by atoms with Crippen LogP contribution in [0.2, 0.25) is 0 Å². The van der Waals surface area contributed by atoms with Gasteiger partial charge in [-0.2, -0.15) is 0 Å². The van der Waals surface area contributed by atoms with Gasteiger partial charge < -0.3 is 20.8 Å². The Morgan fingerprint density at radius 1 is 0.838 bits per heavy atom. The van der Waals surface area contributed by atoms with Crippen molar-refractivity contribution in [2.24, 2.45) is 0 Å². The van der Waals surface area contributed by atoms with E-state index in [0.29, 0.717) is 16.9 Å². The number of anilines is 2. The van der Waals surface area contributed by atoms with Gasteiger partial charge in [0.2, 0.25) is 11.8 Å². The predicted molar refractivity (Wildman–Crippen MR) is 140 cm³/mol. The van der Waals surface area contributed by atoms with E-state index in [2.05, 4.69) is 10.6 Å². The first-order chi connectivity index (χ1) is 17.7. The molecule has 0 unspecified atom stereocenters. The summed E-state index contributed by atoms with van der Waals surface area (Å²) in [4.78, 5) is 37.5. The SMILES string of the molecule is Cc1ccc(NC(=O)CN(CC(=O)Nc2ccc(C)cc2)[C@H](CO)[C@@H](O)c2ccc([N+](=O)[O-])cc2)cc1. The first kappa shape index (κ1) is 27.5. The Morgan fingerprint density at radius 3 is 1.65 bits per heavy atom. The Kier molecular flexibility index (Phi) is 9.45. The lowest BCUT2D eigenvalue weighted by molar-refractivity contribution is -0.384. The average molecular weight is 507 g/mol. The van der Waals surface area contributed by atoms with E-state index in [0.717, 1.165) is 11.1 Å². The second kappa shape index (κ2) is 12.7. The van der Waals surface area contributed by atoms with E-state index in [4.69, 9.17) is 0 Å². The maximum Gasteiger partial charge on any atom is 0.269 e. The molecule has 0 spiro atoms. The summed E-state index contributed by atoms with van der Waals surface area (Å²) in [6.07, 6.45) is -1.33. The topological polar surface area (TPSA) is 145 Å². The monoisotopic (exact) mass is 506 g/mol. The van der Waals surface area contributed by atoms with Gasteiger partial charge >= 0.3 is 0 Å². The molecule has 10 heteroatoms. The van der Waals surface area contributed by atoms with Gasteiger partial charge in [0, 0.05) is 23.5 Å². The van der Waals surface area contributed by atoms with Gasteiger partial charge in [-0.1, -0.05) is 35.4 Å². The molecule has 0 aromatic heterocycles. The lowest BCUT2D eigenvalue weighted by Gasteiger charge is -2.33. The van der Waals surface area contributed by atoms with Crippen LogP contribution in [-0.4, -0.2) is 57.6 Å². The molecular weight excluding hydrogens is 476 g/mol. The number of carbonyl (C=O) groups excluding carboxylic acids is 2. The van der Waals surface area contributed by atoms with Crippen LogP contribution < -0.4 is 10.6 Å². The largest absolute Gasteiger partial charge is 0.395 e. The van der Waals surface area contributed by atoms with E-state index in [1.54, 1.807) is 24.3 Å². The van der Waals surface area contributed by atoms with E-state index in [-0.39, 0.29) is 18.8 Å². The van der Waals surface area contributed by atoms with Crippen LogP contribution in [0.4, 0.5) is 17.1 Å². The second-order valence-electron chi connectivity index (χ2n) is 8.78. The molecule has 4 N–H and O–H groups in total. The molecule has 0 saturated carbocycles. The van der Waals surface area contributed by atoms with E-state index in [1.807, 2.05) is 38.1 Å². The molecule has 194 valence electrons. The average Bonchev–Trinajstić information content (AvgIpc) is 2.87. The summed E-state index contributed by atoms with van der Waals surface area (Å²) in [5.74, 6) is -0.886. The number of nitrogens with one attached hydrogen (secondary N) is 2. The Morgan fingerprint density at radius 2 is 1.27 bits per heavy atom. The number of hydrogen-bond acceptors (Lipinski definition) is 7. The standard InChI is InChI=1S/C27H30N4O6/c1-18-3-9-21(10-4-18)28-25(33)15-30(16-26(34)29-22-11-5-19(2)6-12-22)24(17-32)27(35)20-7-13-23(14-8-20)31(36)37/h3-14,24,27,32,35H,15-17H2,1-2H3,(H,28,33)(H,29,34)/t24-,27+/m1/s1. The maximum atomic E-state index is 12.9. The summed E-state index contributed by atoms with van der Waals surface area (Å²) in [5, 5.41) is 37.7. The highest BCUT2D eigenvalue weighted by Gasteiger charge is 2.30. The van der Waals surface area contributed by atoms with Crippen molar-refractivity contribution in [3.63, 3.8) is 0 Å². The van der Waals surface area contributed by atoms with Crippen LogP contribution in [0.3, 0.4) is 0 Å². The number of carbonyl (C=O) groups is 2. The van der Waals surface area contributed by atoms with Crippen molar-refractivity contribution in [3.05, 3.63) is 99.6 Å². The molecule has 37 heavy (non-hydrogen) atoms. The normalized spacial score (nSPS) is 12.6. The van der Waals surface area contributed by atoms with E-state index < -0.39 is 35.5 Å². The van der Waals surface area contributed by atoms with Crippen LogP contribution in [-0.2, 0) is 9.59 Å². The molecule has 2 atom stereocenters. The van der Waals surface area contributed by atoms with Gasteiger partial charge in [0.15, 0.2) is 0 Å². The molecule has 0 heterocycles. The highest BCUT2D eigenvalue weighted by atomic mass is 16.6. The van der Waals surface area contributed by atoms with E-state index in [1.165, 1.54) is 29.2 Å². The molecular formula is C27H30N4O6. The first-order valence-electron chi connectivity index (χ1n) is 11.7. The van der Waals surface area contributed by atoms with Crippen molar-refractivity contribution in [2.45, 2.75) is 26.0 Å². The molecule has 0 bridgehead atoms. The number of nitrogens with zero attached hydrogens (tertiary/aromatic N) is 2. The number of nitro groups is 1. The molecule has 0 aliphatic rings. The fraction of sp³-hybridized carbons (Fsp3) is 0.259. The molecule has 3 aromatic carbocycles. The van der Waals surface area contributed by atoms with Crippen LogP contribution in [0.5, 0.6) is 0 Å². The van der Waals surface area contributed by atoms with Gasteiger partial charge in [0.1, 0.15) is 0 Å². The zero-order chi connectivity index (χ0) is 26.9. The highest BCUT2D eigenvalue weighted by Crippen LogP contribution is 2.24. The Bertz CT molecular complexity index is 1150. The lowest BCUT2D eigenvalue weighted by atomic mass is 10.0. The summed E-state index contributed by atoms with van der Waals surface area (Å²) in [7, 11) is 0. The summed E-state index contributed by atoms with van der Waals surface area (Å²) >= 11 is 0. The van der Waals surface area contributed by atoms with Crippen molar-refractivity contribution < 1.29 is 24.7 Å². The lowest BCUT2D eigenvalue weighted by Crippen LogP contribution is -2.49. The number of aliphatic hydroxyl groups is 2. The van der Waals surface area contributed by atoms with E-state index in [9.17, 15) is 29.9 Å². The molecule has 2 amide bonds. The molecule has 10 nitrogen and oxygen atoms in total. The van der Waals surface area contributed by atoms with Gasteiger partial charge in [-0.15, -0.1) is 0 Å². The number of rotatable bonds is 11. The first-order valence-corrected chi connectivity index (χ1v) is 11.7. The summed E-state index contributed by atoms with van der Waals surface area (Å²) < 4.78 is 0. The summed E-state index contributed by atoms with van der Waals surface area (Å²) in [6.45, 7) is 2.67. The maximum absolute atomic E-state index is 12.9. The number of aliphatic hydroxyl groups excluding tert-OH is 2. The molecule has 0 aliphatic carbocycles. The third-order valence-corrected chi connectivity index (χ3v) is 5.83. The highest BCUT2D eigenvalue weighted by molar-refractivity contribution is 5.94.